The van der Waals surface area contributed by atoms with Crippen molar-refractivity contribution < 1.29 is 13.2 Å². The van der Waals surface area contributed by atoms with Gasteiger partial charge in [-0.25, -0.2) is 4.98 Å². The summed E-state index contributed by atoms with van der Waals surface area (Å²) in [6.07, 6.45) is -1.74. The molecule has 0 aliphatic rings. The highest BCUT2D eigenvalue weighted by Crippen LogP contribution is 2.28. The van der Waals surface area contributed by atoms with Gasteiger partial charge < -0.3 is 16.0 Å². The van der Waals surface area contributed by atoms with Gasteiger partial charge in [0.25, 0.3) is 0 Å². The molecule has 0 fully saturated rings. The molecule has 1 aromatic heterocycles. The summed E-state index contributed by atoms with van der Waals surface area (Å²) in [6.45, 7) is 5.46. The quantitative estimate of drug-likeness (QED) is 0.253. The predicted octanol–water partition coefficient (Wildman–Crippen LogP) is 3.48. The van der Waals surface area contributed by atoms with Crippen LogP contribution >= 0.6 is 24.0 Å². The van der Waals surface area contributed by atoms with Crippen molar-refractivity contribution in [3.63, 3.8) is 0 Å². The van der Waals surface area contributed by atoms with Gasteiger partial charge >= 0.3 is 6.18 Å². The number of hydrogen-bond donors (Lipinski definition) is 3. The highest BCUT2D eigenvalue weighted by Gasteiger charge is 2.30. The number of nitrogens with one attached hydrogen (secondary N) is 3. The van der Waals surface area contributed by atoms with Gasteiger partial charge in [0.1, 0.15) is 5.82 Å². The Morgan fingerprint density at radius 3 is 2.50 bits per heavy atom. The first-order valence-electron chi connectivity index (χ1n) is 7.61. The lowest BCUT2D eigenvalue weighted by molar-refractivity contribution is -0.137. The summed E-state index contributed by atoms with van der Waals surface area (Å²) in [7, 11) is 1.71. The van der Waals surface area contributed by atoms with E-state index in [4.69, 9.17) is 0 Å². The molecule has 0 bridgehead atoms. The third kappa shape index (κ3) is 8.55. The maximum Gasteiger partial charge on any atom is 0.417 e. The van der Waals surface area contributed by atoms with Crippen molar-refractivity contribution in [1.29, 1.82) is 0 Å². The van der Waals surface area contributed by atoms with Crippen LogP contribution in [0, 0.1) is 0 Å². The summed E-state index contributed by atoms with van der Waals surface area (Å²) < 4.78 is 37.2. The van der Waals surface area contributed by atoms with Crippen LogP contribution < -0.4 is 16.0 Å². The minimum Gasteiger partial charge on any atom is -0.370 e. The number of aliphatic imine (C=N–C) groups is 1. The van der Waals surface area contributed by atoms with Crippen LogP contribution in [0.4, 0.5) is 19.0 Å². The Bertz CT molecular complexity index is 491. The van der Waals surface area contributed by atoms with Crippen molar-refractivity contribution in [2.24, 2.45) is 4.99 Å². The van der Waals surface area contributed by atoms with E-state index in [2.05, 4.69) is 39.8 Å². The van der Waals surface area contributed by atoms with Crippen molar-refractivity contribution in [3.05, 3.63) is 23.9 Å². The molecule has 138 valence electrons. The standard InChI is InChI=1S/C15H24F3N5.HI/c1-4-11(2)23-14(19-3)21-9-5-8-20-13-7-6-12(10-22-13)15(16,17)18;/h6-7,10-11H,4-5,8-9H2,1-3H3,(H,20,22)(H2,19,21,23);1H. The predicted molar refractivity (Wildman–Crippen MR) is 102 cm³/mol. The lowest BCUT2D eigenvalue weighted by atomic mass is 10.3. The zero-order valence-corrected chi connectivity index (χ0v) is 16.4. The van der Waals surface area contributed by atoms with Crippen LogP contribution in [0.15, 0.2) is 23.3 Å². The summed E-state index contributed by atoms with van der Waals surface area (Å²) in [5.74, 6) is 1.17. The Morgan fingerprint density at radius 2 is 2.00 bits per heavy atom. The molecule has 0 saturated heterocycles. The second kappa shape index (κ2) is 11.3. The third-order valence-corrected chi connectivity index (χ3v) is 3.26. The minimum absolute atomic E-state index is 0. The Labute approximate surface area is 157 Å². The molecule has 1 atom stereocenters. The fourth-order valence-electron chi connectivity index (χ4n) is 1.71. The van der Waals surface area contributed by atoms with Crippen LogP contribution in [0.1, 0.15) is 32.3 Å². The number of nitrogens with zero attached hydrogens (tertiary/aromatic N) is 2. The summed E-state index contributed by atoms with van der Waals surface area (Å²) in [4.78, 5) is 7.88. The van der Waals surface area contributed by atoms with Crippen molar-refractivity contribution in [2.45, 2.75) is 38.9 Å². The molecule has 1 heterocycles. The molecule has 1 rings (SSSR count). The first-order chi connectivity index (χ1) is 10.9. The first-order valence-corrected chi connectivity index (χ1v) is 7.61. The molecule has 0 spiro atoms. The number of rotatable bonds is 7. The first kappa shape index (κ1) is 22.7. The summed E-state index contributed by atoms with van der Waals surface area (Å²) in [5, 5.41) is 9.41. The second-order valence-electron chi connectivity index (χ2n) is 5.16. The lowest BCUT2D eigenvalue weighted by Gasteiger charge is -2.16. The SMILES string of the molecule is CCC(C)NC(=NC)NCCCNc1ccc(C(F)(F)F)cn1.I. The van der Waals surface area contributed by atoms with Crippen LogP contribution in [0.25, 0.3) is 0 Å². The van der Waals surface area contributed by atoms with E-state index in [-0.39, 0.29) is 24.0 Å². The Kier molecular flexibility index (Phi) is 10.7. The maximum absolute atomic E-state index is 12.4. The zero-order valence-electron chi connectivity index (χ0n) is 14.1. The molecule has 1 aromatic rings. The molecule has 5 nitrogen and oxygen atoms in total. The largest absolute Gasteiger partial charge is 0.417 e. The number of aromatic nitrogens is 1. The average molecular weight is 459 g/mol. The lowest BCUT2D eigenvalue weighted by Crippen LogP contribution is -2.42. The van der Waals surface area contributed by atoms with Gasteiger partial charge in [-0.05, 0) is 31.9 Å². The smallest absolute Gasteiger partial charge is 0.370 e. The Balaban J connectivity index is 0.00000529. The number of anilines is 1. The molecule has 0 aliphatic carbocycles. The molecule has 0 saturated carbocycles. The van der Waals surface area contributed by atoms with Crippen molar-refractivity contribution in [1.82, 2.24) is 15.6 Å². The topological polar surface area (TPSA) is 61.3 Å². The van der Waals surface area contributed by atoms with Crippen molar-refractivity contribution in [2.75, 3.05) is 25.5 Å². The molecular formula is C15H25F3IN5. The number of guanidine groups is 1. The normalized spacial score (nSPS) is 13.0. The minimum atomic E-state index is -4.35. The zero-order chi connectivity index (χ0) is 17.3. The van der Waals surface area contributed by atoms with E-state index < -0.39 is 11.7 Å². The van der Waals surface area contributed by atoms with E-state index in [1.165, 1.54) is 6.07 Å². The molecule has 0 amide bonds. The van der Waals surface area contributed by atoms with Gasteiger partial charge in [0.15, 0.2) is 5.96 Å². The Hall–Kier alpha value is -1.26. The van der Waals surface area contributed by atoms with Crippen molar-refractivity contribution in [3.8, 4) is 0 Å². The van der Waals surface area contributed by atoms with E-state index in [1.54, 1.807) is 7.05 Å². The van der Waals surface area contributed by atoms with E-state index in [0.29, 0.717) is 24.9 Å². The maximum atomic E-state index is 12.4. The fourth-order valence-corrected chi connectivity index (χ4v) is 1.71. The van der Waals surface area contributed by atoms with Gasteiger partial charge in [-0.1, -0.05) is 6.92 Å². The van der Waals surface area contributed by atoms with Gasteiger partial charge in [0.2, 0.25) is 0 Å². The molecule has 0 aromatic carbocycles. The van der Waals surface area contributed by atoms with Crippen molar-refractivity contribution >= 4 is 35.8 Å². The fraction of sp³-hybridized carbons (Fsp3) is 0.600. The highest BCUT2D eigenvalue weighted by molar-refractivity contribution is 14.0. The van der Waals surface area contributed by atoms with E-state index in [0.717, 1.165) is 31.1 Å². The number of pyridine rings is 1. The second-order valence-corrected chi connectivity index (χ2v) is 5.16. The number of alkyl halides is 3. The molecule has 9 heteroatoms. The van der Waals surface area contributed by atoms with Gasteiger partial charge in [-0.3, -0.25) is 4.99 Å². The molecule has 24 heavy (non-hydrogen) atoms. The average Bonchev–Trinajstić information content (AvgIpc) is 2.52. The van der Waals surface area contributed by atoms with E-state index in [9.17, 15) is 13.2 Å². The van der Waals surface area contributed by atoms with Crippen LogP contribution in [-0.4, -0.2) is 37.1 Å². The summed E-state index contributed by atoms with van der Waals surface area (Å²) in [6, 6.07) is 2.70. The number of hydrogen-bond acceptors (Lipinski definition) is 3. The van der Waals surface area contributed by atoms with Gasteiger partial charge in [-0.15, -0.1) is 24.0 Å². The molecule has 0 radical (unpaired) electrons. The van der Waals surface area contributed by atoms with Crippen LogP contribution in [0.3, 0.4) is 0 Å². The van der Waals surface area contributed by atoms with Crippen LogP contribution in [-0.2, 0) is 6.18 Å². The van der Waals surface area contributed by atoms with E-state index >= 15 is 0 Å². The van der Waals surface area contributed by atoms with Gasteiger partial charge in [0, 0.05) is 32.4 Å². The van der Waals surface area contributed by atoms with Gasteiger partial charge in [0.05, 0.1) is 5.56 Å². The number of halogens is 4. The summed E-state index contributed by atoms with van der Waals surface area (Å²) >= 11 is 0. The van der Waals surface area contributed by atoms with E-state index in [1.807, 2.05) is 0 Å². The van der Waals surface area contributed by atoms with Gasteiger partial charge in [-0.2, -0.15) is 13.2 Å². The molecular weight excluding hydrogens is 434 g/mol. The molecule has 0 aliphatic heterocycles. The third-order valence-electron chi connectivity index (χ3n) is 3.26. The van der Waals surface area contributed by atoms with Crippen LogP contribution in [0.2, 0.25) is 0 Å². The molecule has 3 N–H and O–H groups in total. The summed E-state index contributed by atoms with van der Waals surface area (Å²) in [5.41, 5.74) is -0.746. The highest BCUT2D eigenvalue weighted by atomic mass is 127. The van der Waals surface area contributed by atoms with Crippen LogP contribution in [0.5, 0.6) is 0 Å². The Morgan fingerprint density at radius 1 is 1.29 bits per heavy atom. The molecule has 1 unspecified atom stereocenters. The monoisotopic (exact) mass is 459 g/mol.